The summed E-state index contributed by atoms with van der Waals surface area (Å²) in [4.78, 5) is 14.7. The monoisotopic (exact) mass is 267 g/mol. The predicted octanol–water partition coefficient (Wildman–Crippen LogP) is 1.49. The number of amides is 1. The number of carbonyl (C=O) groups is 1. The van der Waals surface area contributed by atoms with Gasteiger partial charge >= 0.3 is 0 Å². The number of nitrogens with two attached hydrogens (primary N) is 1. The van der Waals surface area contributed by atoms with Crippen molar-refractivity contribution in [2.45, 2.75) is 77.0 Å². The van der Waals surface area contributed by atoms with Crippen LogP contribution in [0.5, 0.6) is 0 Å². The van der Waals surface area contributed by atoms with Crippen LogP contribution >= 0.6 is 0 Å². The fourth-order valence-electron chi connectivity index (χ4n) is 3.42. The maximum Gasteiger partial charge on any atom is 0.237 e. The van der Waals surface area contributed by atoms with E-state index in [0.717, 1.165) is 12.8 Å². The average molecular weight is 267 g/mol. The van der Waals surface area contributed by atoms with E-state index in [2.05, 4.69) is 17.3 Å². The van der Waals surface area contributed by atoms with Gasteiger partial charge in [0, 0.05) is 18.1 Å². The standard InChI is InChI=1S/C15H29N3O/c1-15(2,3)13(16)14(19)17-10-8-11-6-5-7-12(9-10)18(11)4/h10-13H,5-9,16H2,1-4H3,(H,17,19)/t10?,11?,12?,13-/m1/s1. The molecule has 2 bridgehead atoms. The van der Waals surface area contributed by atoms with E-state index in [1.165, 1.54) is 19.3 Å². The van der Waals surface area contributed by atoms with Crippen molar-refractivity contribution in [3.63, 3.8) is 0 Å². The van der Waals surface area contributed by atoms with Gasteiger partial charge in [-0.2, -0.15) is 0 Å². The van der Waals surface area contributed by atoms with Crippen LogP contribution in [0.3, 0.4) is 0 Å². The minimum Gasteiger partial charge on any atom is -0.352 e. The van der Waals surface area contributed by atoms with Crippen molar-refractivity contribution in [3.8, 4) is 0 Å². The van der Waals surface area contributed by atoms with Crippen LogP contribution in [0.2, 0.25) is 0 Å². The molecule has 0 aliphatic carbocycles. The molecule has 1 amide bonds. The fraction of sp³-hybridized carbons (Fsp3) is 0.933. The third-order valence-electron chi connectivity index (χ3n) is 4.90. The first-order valence-electron chi connectivity index (χ1n) is 7.57. The lowest BCUT2D eigenvalue weighted by Gasteiger charge is -2.47. The van der Waals surface area contributed by atoms with Gasteiger partial charge in [0.15, 0.2) is 0 Å². The van der Waals surface area contributed by atoms with Gasteiger partial charge in [0.25, 0.3) is 0 Å². The van der Waals surface area contributed by atoms with Crippen LogP contribution in [0, 0.1) is 5.41 Å². The molecule has 3 N–H and O–H groups in total. The highest BCUT2D eigenvalue weighted by molar-refractivity contribution is 5.82. The van der Waals surface area contributed by atoms with Crippen molar-refractivity contribution in [2.24, 2.45) is 11.1 Å². The molecule has 2 unspecified atom stereocenters. The second-order valence-electron chi connectivity index (χ2n) is 7.42. The number of nitrogens with one attached hydrogen (secondary N) is 1. The third kappa shape index (κ3) is 3.29. The summed E-state index contributed by atoms with van der Waals surface area (Å²) < 4.78 is 0. The van der Waals surface area contributed by atoms with Gasteiger partial charge in [-0.25, -0.2) is 0 Å². The summed E-state index contributed by atoms with van der Waals surface area (Å²) in [7, 11) is 2.23. The summed E-state index contributed by atoms with van der Waals surface area (Å²) in [6.45, 7) is 6.04. The Morgan fingerprint density at radius 2 is 1.79 bits per heavy atom. The molecule has 2 aliphatic heterocycles. The highest BCUT2D eigenvalue weighted by Gasteiger charge is 2.37. The molecular formula is C15H29N3O. The van der Waals surface area contributed by atoms with Crippen LogP contribution in [-0.2, 0) is 4.79 Å². The zero-order chi connectivity index (χ0) is 14.2. The molecule has 3 atom stereocenters. The van der Waals surface area contributed by atoms with E-state index in [9.17, 15) is 4.79 Å². The molecule has 2 heterocycles. The van der Waals surface area contributed by atoms with Gasteiger partial charge in [0.05, 0.1) is 6.04 Å². The first-order chi connectivity index (χ1) is 8.79. The number of nitrogens with zero attached hydrogens (tertiary/aromatic N) is 1. The van der Waals surface area contributed by atoms with Crippen LogP contribution < -0.4 is 11.1 Å². The largest absolute Gasteiger partial charge is 0.352 e. The van der Waals surface area contributed by atoms with Crippen molar-refractivity contribution in [1.82, 2.24) is 10.2 Å². The molecule has 2 fully saturated rings. The number of piperidine rings is 2. The molecule has 0 aromatic heterocycles. The van der Waals surface area contributed by atoms with E-state index < -0.39 is 6.04 Å². The average Bonchev–Trinajstić information content (AvgIpc) is 2.28. The molecule has 0 spiro atoms. The van der Waals surface area contributed by atoms with Gasteiger partial charge in [0.2, 0.25) is 5.91 Å². The fourth-order valence-corrected chi connectivity index (χ4v) is 3.42. The summed E-state index contributed by atoms with van der Waals surface area (Å²) in [6.07, 6.45) is 6.03. The number of hydrogen-bond acceptors (Lipinski definition) is 3. The van der Waals surface area contributed by atoms with E-state index >= 15 is 0 Å². The van der Waals surface area contributed by atoms with Crippen molar-refractivity contribution in [1.29, 1.82) is 0 Å². The van der Waals surface area contributed by atoms with Crippen molar-refractivity contribution in [2.75, 3.05) is 7.05 Å². The molecular weight excluding hydrogens is 238 g/mol. The van der Waals surface area contributed by atoms with E-state index in [1.54, 1.807) is 0 Å². The van der Waals surface area contributed by atoms with Crippen molar-refractivity contribution in [3.05, 3.63) is 0 Å². The van der Waals surface area contributed by atoms with Gasteiger partial charge in [-0.15, -0.1) is 0 Å². The first kappa shape index (κ1) is 14.8. The number of rotatable bonds is 2. The highest BCUT2D eigenvalue weighted by Crippen LogP contribution is 2.32. The Kier molecular flexibility index (Phi) is 4.21. The zero-order valence-corrected chi connectivity index (χ0v) is 12.8. The van der Waals surface area contributed by atoms with Gasteiger partial charge in [-0.05, 0) is 38.1 Å². The van der Waals surface area contributed by atoms with Crippen LogP contribution in [0.1, 0.15) is 52.9 Å². The first-order valence-corrected chi connectivity index (χ1v) is 7.57. The van der Waals surface area contributed by atoms with Crippen LogP contribution in [-0.4, -0.2) is 42.0 Å². The molecule has 2 rings (SSSR count). The Morgan fingerprint density at radius 1 is 1.26 bits per heavy atom. The van der Waals surface area contributed by atoms with Crippen molar-refractivity contribution >= 4 is 5.91 Å². The van der Waals surface area contributed by atoms with Gasteiger partial charge in [-0.3, -0.25) is 4.79 Å². The molecule has 0 aromatic rings. The molecule has 0 saturated carbocycles. The zero-order valence-electron chi connectivity index (χ0n) is 12.8. The van der Waals surface area contributed by atoms with Crippen LogP contribution in [0.15, 0.2) is 0 Å². The number of hydrogen-bond donors (Lipinski definition) is 2. The Hall–Kier alpha value is -0.610. The summed E-state index contributed by atoms with van der Waals surface area (Å²) >= 11 is 0. The molecule has 2 aliphatic rings. The highest BCUT2D eigenvalue weighted by atomic mass is 16.2. The minimum atomic E-state index is -0.424. The predicted molar refractivity (Wildman–Crippen MR) is 77.8 cm³/mol. The lowest BCUT2D eigenvalue weighted by molar-refractivity contribution is -0.126. The van der Waals surface area contributed by atoms with Crippen LogP contribution in [0.25, 0.3) is 0 Å². The maximum atomic E-state index is 12.2. The molecule has 19 heavy (non-hydrogen) atoms. The summed E-state index contributed by atoms with van der Waals surface area (Å²) in [5.41, 5.74) is 5.86. The topological polar surface area (TPSA) is 58.4 Å². The molecule has 4 nitrogen and oxygen atoms in total. The Morgan fingerprint density at radius 3 is 2.26 bits per heavy atom. The Labute approximate surface area is 117 Å². The smallest absolute Gasteiger partial charge is 0.237 e. The lowest BCUT2D eigenvalue weighted by atomic mass is 9.81. The molecule has 0 aromatic carbocycles. The molecule has 0 radical (unpaired) electrons. The summed E-state index contributed by atoms with van der Waals surface area (Å²) in [5, 5.41) is 3.18. The van der Waals surface area contributed by atoms with E-state index in [-0.39, 0.29) is 11.3 Å². The maximum absolute atomic E-state index is 12.2. The minimum absolute atomic E-state index is 0.0140. The van der Waals surface area contributed by atoms with Gasteiger partial charge < -0.3 is 16.0 Å². The third-order valence-corrected chi connectivity index (χ3v) is 4.90. The van der Waals surface area contributed by atoms with Gasteiger partial charge in [0.1, 0.15) is 0 Å². The SMILES string of the molecule is CN1C2CCCC1CC(NC(=O)[C@@H](N)C(C)(C)C)C2. The van der Waals surface area contributed by atoms with Crippen LogP contribution in [0.4, 0.5) is 0 Å². The summed E-state index contributed by atoms with van der Waals surface area (Å²) in [5.74, 6) is 0.0140. The second-order valence-corrected chi connectivity index (χ2v) is 7.42. The van der Waals surface area contributed by atoms with Crippen molar-refractivity contribution < 1.29 is 4.79 Å². The molecule has 2 saturated heterocycles. The lowest BCUT2D eigenvalue weighted by Crippen LogP contribution is -2.58. The Balaban J connectivity index is 1.92. The molecule has 110 valence electrons. The number of carbonyl (C=O) groups excluding carboxylic acids is 1. The second kappa shape index (κ2) is 5.41. The summed E-state index contributed by atoms with van der Waals surface area (Å²) in [6, 6.07) is 1.17. The normalized spacial score (nSPS) is 33.8. The number of fused-ring (bicyclic) bond motifs is 2. The molecule has 4 heteroatoms. The quantitative estimate of drug-likeness (QED) is 0.797. The van der Waals surface area contributed by atoms with E-state index in [0.29, 0.717) is 18.1 Å². The van der Waals surface area contributed by atoms with E-state index in [4.69, 9.17) is 5.73 Å². The van der Waals surface area contributed by atoms with E-state index in [1.807, 2.05) is 20.8 Å². The Bertz CT molecular complexity index is 323. The van der Waals surface area contributed by atoms with Gasteiger partial charge in [-0.1, -0.05) is 27.2 Å².